The molecule has 8 heteroatoms. The van der Waals surface area contributed by atoms with Crippen LogP contribution >= 0.6 is 11.6 Å². The summed E-state index contributed by atoms with van der Waals surface area (Å²) in [6, 6.07) is 20.9. The zero-order chi connectivity index (χ0) is 27.4. The summed E-state index contributed by atoms with van der Waals surface area (Å²) in [6.07, 6.45) is -1.45. The van der Waals surface area contributed by atoms with Crippen LogP contribution < -0.4 is 11.3 Å². The lowest BCUT2D eigenvalue weighted by Crippen LogP contribution is -2.45. The number of rotatable bonds is 9. The van der Waals surface area contributed by atoms with Crippen molar-refractivity contribution in [3.63, 3.8) is 0 Å². The molecule has 0 aliphatic heterocycles. The summed E-state index contributed by atoms with van der Waals surface area (Å²) in [5, 5.41) is 0.857. The molecular weight excluding hydrogens is 503 g/mol. The number of nitrogens with two attached hydrogens (primary N) is 1. The minimum Gasteiger partial charge on any atom is -0.328 e. The normalized spacial score (nSPS) is 13.0. The van der Waals surface area contributed by atoms with Crippen molar-refractivity contribution in [2.24, 2.45) is 11.7 Å². The van der Waals surface area contributed by atoms with Gasteiger partial charge in [-0.2, -0.15) is 0 Å². The van der Waals surface area contributed by atoms with Crippen LogP contribution in [-0.2, 0) is 6.54 Å². The summed E-state index contributed by atoms with van der Waals surface area (Å²) in [6.45, 7) is 5.56. The van der Waals surface area contributed by atoms with Gasteiger partial charge >= 0.3 is 0 Å². The molecule has 0 spiro atoms. The SMILES string of the molecule is Cc1ccc(C(=O)N(CC(F)CN)[C@@H](c2nc3cc(Cl)ccc3c(=O)n2Cc2ccccc2)C(C)C)cc1. The Hall–Kier alpha value is -3.55. The fourth-order valence-electron chi connectivity index (χ4n) is 4.63. The summed E-state index contributed by atoms with van der Waals surface area (Å²) in [4.78, 5) is 34.1. The molecule has 1 aromatic heterocycles. The smallest absolute Gasteiger partial charge is 0.261 e. The molecule has 0 saturated heterocycles. The standard InChI is InChI=1S/C30H32ClFN4O2/c1-19(2)27(35(18-24(32)16-33)29(37)22-11-9-20(3)10-12-22)28-34-26-15-23(31)13-14-25(26)30(38)36(28)17-21-7-5-4-6-8-21/h4-15,19,24,27H,16-18,33H2,1-3H3/t24?,27-/m1/s1. The zero-order valence-electron chi connectivity index (χ0n) is 21.8. The van der Waals surface area contributed by atoms with Crippen molar-refractivity contribution in [1.29, 1.82) is 0 Å². The number of hydrogen-bond acceptors (Lipinski definition) is 4. The lowest BCUT2D eigenvalue weighted by molar-refractivity contribution is 0.0534. The van der Waals surface area contributed by atoms with Crippen LogP contribution in [0.5, 0.6) is 0 Å². The maximum absolute atomic E-state index is 14.9. The van der Waals surface area contributed by atoms with Crippen LogP contribution in [0.3, 0.4) is 0 Å². The number of nitrogens with zero attached hydrogens (tertiary/aromatic N) is 3. The van der Waals surface area contributed by atoms with Gasteiger partial charge in [0.05, 0.1) is 30.0 Å². The number of halogens is 2. The molecule has 1 amide bonds. The van der Waals surface area contributed by atoms with E-state index in [1.807, 2.05) is 63.2 Å². The van der Waals surface area contributed by atoms with E-state index in [1.165, 1.54) is 4.90 Å². The van der Waals surface area contributed by atoms with Gasteiger partial charge in [0.25, 0.3) is 11.5 Å². The van der Waals surface area contributed by atoms with Crippen LogP contribution in [0.2, 0.25) is 5.02 Å². The molecule has 1 heterocycles. The molecule has 0 aliphatic rings. The van der Waals surface area contributed by atoms with Crippen LogP contribution in [0, 0.1) is 12.8 Å². The summed E-state index contributed by atoms with van der Waals surface area (Å²) in [5.41, 5.74) is 8.13. The van der Waals surface area contributed by atoms with Crippen molar-refractivity contribution in [3.05, 3.63) is 111 Å². The van der Waals surface area contributed by atoms with Crippen molar-refractivity contribution in [2.45, 2.75) is 39.5 Å². The van der Waals surface area contributed by atoms with E-state index in [-0.39, 0.29) is 37.0 Å². The Labute approximate surface area is 226 Å². The molecule has 0 radical (unpaired) electrons. The number of alkyl halides is 1. The largest absolute Gasteiger partial charge is 0.328 e. The minimum atomic E-state index is -1.45. The second-order valence-electron chi connectivity index (χ2n) is 9.85. The number of benzene rings is 3. The van der Waals surface area contributed by atoms with Crippen molar-refractivity contribution in [3.8, 4) is 0 Å². The average Bonchev–Trinajstić information content (AvgIpc) is 2.90. The number of fused-ring (bicyclic) bond motifs is 1. The molecule has 0 saturated carbocycles. The van der Waals surface area contributed by atoms with Crippen molar-refractivity contribution < 1.29 is 9.18 Å². The number of carbonyl (C=O) groups is 1. The molecular formula is C30H32ClFN4O2. The Morgan fingerprint density at radius 3 is 2.39 bits per heavy atom. The van der Waals surface area contributed by atoms with Gasteiger partial charge in [-0.25, -0.2) is 9.37 Å². The molecule has 2 atom stereocenters. The van der Waals surface area contributed by atoms with Crippen molar-refractivity contribution in [2.75, 3.05) is 13.1 Å². The van der Waals surface area contributed by atoms with Gasteiger partial charge in [-0.05, 0) is 48.7 Å². The van der Waals surface area contributed by atoms with E-state index in [0.29, 0.717) is 27.3 Å². The van der Waals surface area contributed by atoms with Crippen LogP contribution in [-0.4, -0.2) is 39.6 Å². The first-order valence-corrected chi connectivity index (χ1v) is 13.0. The molecule has 2 N–H and O–H groups in total. The average molecular weight is 535 g/mol. The minimum absolute atomic E-state index is 0.208. The Bertz CT molecular complexity index is 1470. The molecule has 4 aromatic rings. The van der Waals surface area contributed by atoms with Gasteiger partial charge in [0, 0.05) is 17.1 Å². The van der Waals surface area contributed by atoms with Crippen molar-refractivity contribution >= 4 is 28.4 Å². The maximum Gasteiger partial charge on any atom is 0.261 e. The maximum atomic E-state index is 14.9. The fourth-order valence-corrected chi connectivity index (χ4v) is 4.79. The number of hydrogen-bond donors (Lipinski definition) is 1. The van der Waals surface area contributed by atoms with Gasteiger partial charge in [-0.1, -0.05) is 73.5 Å². The van der Waals surface area contributed by atoms with E-state index in [1.54, 1.807) is 34.9 Å². The third-order valence-corrected chi connectivity index (χ3v) is 6.81. The Morgan fingerprint density at radius 1 is 1.08 bits per heavy atom. The fraction of sp³-hybridized carbons (Fsp3) is 0.300. The zero-order valence-corrected chi connectivity index (χ0v) is 22.5. The molecule has 6 nitrogen and oxygen atoms in total. The van der Waals surface area contributed by atoms with Gasteiger partial charge in [0.1, 0.15) is 12.0 Å². The lowest BCUT2D eigenvalue weighted by Gasteiger charge is -2.36. The number of aromatic nitrogens is 2. The molecule has 38 heavy (non-hydrogen) atoms. The molecule has 3 aromatic carbocycles. The second-order valence-corrected chi connectivity index (χ2v) is 10.3. The number of aryl methyl sites for hydroxylation is 1. The molecule has 1 unspecified atom stereocenters. The van der Waals surface area contributed by atoms with Crippen LogP contribution in [0.25, 0.3) is 10.9 Å². The summed E-state index contributed by atoms with van der Waals surface area (Å²) in [5.74, 6) is -0.195. The third-order valence-electron chi connectivity index (χ3n) is 6.57. The van der Waals surface area contributed by atoms with Crippen LogP contribution in [0.15, 0.2) is 77.6 Å². The van der Waals surface area contributed by atoms with E-state index in [9.17, 15) is 14.0 Å². The Balaban J connectivity index is 1.95. The van der Waals surface area contributed by atoms with E-state index in [4.69, 9.17) is 22.3 Å². The second kappa shape index (κ2) is 11.9. The molecule has 0 aliphatic carbocycles. The van der Waals surface area contributed by atoms with E-state index in [2.05, 4.69) is 0 Å². The predicted molar refractivity (Wildman–Crippen MR) is 150 cm³/mol. The van der Waals surface area contributed by atoms with Gasteiger partial charge in [-0.3, -0.25) is 14.2 Å². The molecule has 4 rings (SSSR count). The first kappa shape index (κ1) is 27.5. The first-order valence-electron chi connectivity index (χ1n) is 12.6. The predicted octanol–water partition coefficient (Wildman–Crippen LogP) is 5.54. The van der Waals surface area contributed by atoms with E-state index in [0.717, 1.165) is 11.1 Å². The highest BCUT2D eigenvalue weighted by Crippen LogP contribution is 2.31. The van der Waals surface area contributed by atoms with E-state index >= 15 is 0 Å². The van der Waals surface area contributed by atoms with Gasteiger partial charge in [-0.15, -0.1) is 0 Å². The molecule has 0 fully saturated rings. The first-order chi connectivity index (χ1) is 18.2. The van der Waals surface area contributed by atoms with Crippen molar-refractivity contribution in [1.82, 2.24) is 14.5 Å². The topological polar surface area (TPSA) is 81.2 Å². The van der Waals surface area contributed by atoms with Crippen LogP contribution in [0.1, 0.15) is 47.2 Å². The van der Waals surface area contributed by atoms with Gasteiger partial charge in [0.2, 0.25) is 0 Å². The number of carbonyl (C=O) groups excluding carboxylic acids is 1. The summed E-state index contributed by atoms with van der Waals surface area (Å²) < 4.78 is 16.5. The van der Waals surface area contributed by atoms with Crippen LogP contribution in [0.4, 0.5) is 4.39 Å². The third kappa shape index (κ3) is 5.95. The molecule has 198 valence electrons. The molecule has 0 bridgehead atoms. The highest BCUT2D eigenvalue weighted by atomic mass is 35.5. The van der Waals surface area contributed by atoms with Gasteiger partial charge < -0.3 is 10.6 Å². The summed E-state index contributed by atoms with van der Waals surface area (Å²) >= 11 is 6.25. The monoisotopic (exact) mass is 534 g/mol. The highest BCUT2D eigenvalue weighted by Gasteiger charge is 2.34. The summed E-state index contributed by atoms with van der Waals surface area (Å²) in [7, 11) is 0. The lowest BCUT2D eigenvalue weighted by atomic mass is 9.98. The van der Waals surface area contributed by atoms with Gasteiger partial charge in [0.15, 0.2) is 0 Å². The number of amides is 1. The quantitative estimate of drug-likeness (QED) is 0.305. The Morgan fingerprint density at radius 2 is 1.76 bits per heavy atom. The van der Waals surface area contributed by atoms with E-state index < -0.39 is 12.2 Å². The Kier molecular flexibility index (Phi) is 8.59. The highest BCUT2D eigenvalue weighted by molar-refractivity contribution is 6.31.